The third-order valence-electron chi connectivity index (χ3n) is 2.81. The Morgan fingerprint density at radius 2 is 2.40 bits per heavy atom. The van der Waals surface area contributed by atoms with Gasteiger partial charge in [0.1, 0.15) is 5.69 Å². The van der Waals surface area contributed by atoms with Gasteiger partial charge in [-0.1, -0.05) is 12.2 Å². The number of aryl methyl sites for hydroxylation is 1. The topological polar surface area (TPSA) is 55.1 Å². The van der Waals surface area contributed by atoms with E-state index in [1.54, 1.807) is 13.1 Å². The number of nitrogens with zero attached hydrogens (tertiary/aromatic N) is 2. The van der Waals surface area contributed by atoms with Crippen LogP contribution in [0.5, 0.6) is 0 Å². The molecule has 0 saturated carbocycles. The van der Waals surface area contributed by atoms with Crippen molar-refractivity contribution in [1.29, 1.82) is 0 Å². The Kier molecular flexibility index (Phi) is 2.58. The maximum absolute atomic E-state index is 10.8. The zero-order chi connectivity index (χ0) is 10.8. The lowest BCUT2D eigenvalue weighted by atomic mass is 9.91. The summed E-state index contributed by atoms with van der Waals surface area (Å²) in [6.45, 7) is 0. The van der Waals surface area contributed by atoms with Gasteiger partial charge < -0.3 is 5.11 Å². The van der Waals surface area contributed by atoms with Gasteiger partial charge in [0.2, 0.25) is 0 Å². The summed E-state index contributed by atoms with van der Waals surface area (Å²) < 4.78 is 1.44. The summed E-state index contributed by atoms with van der Waals surface area (Å²) in [5.74, 6) is -0.531. The molecule has 1 aromatic rings. The van der Waals surface area contributed by atoms with Gasteiger partial charge in [-0.05, 0) is 25.3 Å². The number of carbonyl (C=O) groups is 1. The monoisotopic (exact) mass is 206 g/mol. The summed E-state index contributed by atoms with van der Waals surface area (Å²) in [6, 6.07) is 1.69. The van der Waals surface area contributed by atoms with Crippen LogP contribution in [0.4, 0.5) is 0 Å². The van der Waals surface area contributed by atoms with Crippen LogP contribution in [0.2, 0.25) is 0 Å². The molecule has 0 radical (unpaired) electrons. The van der Waals surface area contributed by atoms with Gasteiger partial charge in [-0.2, -0.15) is 5.10 Å². The van der Waals surface area contributed by atoms with Gasteiger partial charge in [0.25, 0.3) is 0 Å². The van der Waals surface area contributed by atoms with Gasteiger partial charge in [-0.3, -0.25) is 4.68 Å². The number of carboxylic acid groups (broad SMARTS) is 1. The molecule has 0 spiro atoms. The van der Waals surface area contributed by atoms with E-state index in [4.69, 9.17) is 5.11 Å². The molecule has 15 heavy (non-hydrogen) atoms. The number of hydrogen-bond donors (Lipinski definition) is 1. The number of rotatable bonds is 2. The highest BCUT2D eigenvalue weighted by atomic mass is 16.4. The van der Waals surface area contributed by atoms with Gasteiger partial charge in [-0.15, -0.1) is 0 Å². The van der Waals surface area contributed by atoms with E-state index < -0.39 is 5.97 Å². The largest absolute Gasteiger partial charge is 0.477 e. The highest BCUT2D eigenvalue weighted by Gasteiger charge is 2.19. The van der Waals surface area contributed by atoms with Gasteiger partial charge in [0.15, 0.2) is 0 Å². The number of hydrogen-bond acceptors (Lipinski definition) is 2. The van der Waals surface area contributed by atoms with Crippen LogP contribution in [0.1, 0.15) is 41.4 Å². The van der Waals surface area contributed by atoms with Crippen LogP contribution in [-0.2, 0) is 7.05 Å². The Labute approximate surface area is 88.2 Å². The number of aromatic nitrogens is 2. The molecule has 0 fully saturated rings. The molecular weight excluding hydrogens is 192 g/mol. The Morgan fingerprint density at radius 1 is 1.60 bits per heavy atom. The van der Waals surface area contributed by atoms with Crippen molar-refractivity contribution >= 4 is 5.97 Å². The summed E-state index contributed by atoms with van der Waals surface area (Å²) >= 11 is 0. The first-order valence-electron chi connectivity index (χ1n) is 5.10. The van der Waals surface area contributed by atoms with Crippen LogP contribution < -0.4 is 0 Å². The molecule has 4 heteroatoms. The molecule has 0 aliphatic heterocycles. The standard InChI is InChI=1S/C11H14N2O2/c1-13-10(11(14)15)7-9(12-13)8-5-3-2-4-6-8/h2-3,7-8H,4-6H2,1H3,(H,14,15). The Balaban J connectivity index is 2.25. The second-order valence-corrected chi connectivity index (χ2v) is 3.86. The van der Waals surface area contributed by atoms with Crippen LogP contribution >= 0.6 is 0 Å². The molecule has 4 nitrogen and oxygen atoms in total. The van der Waals surface area contributed by atoms with E-state index in [0.29, 0.717) is 5.92 Å². The Bertz CT molecular complexity index is 407. The van der Waals surface area contributed by atoms with Crippen LogP contribution in [0, 0.1) is 0 Å². The fourth-order valence-electron chi connectivity index (χ4n) is 1.95. The molecule has 2 rings (SSSR count). The van der Waals surface area contributed by atoms with Crippen molar-refractivity contribution in [3.05, 3.63) is 29.6 Å². The van der Waals surface area contributed by atoms with Crippen molar-refractivity contribution in [1.82, 2.24) is 9.78 Å². The van der Waals surface area contributed by atoms with Crippen molar-refractivity contribution in [2.75, 3.05) is 0 Å². The summed E-state index contributed by atoms with van der Waals surface area (Å²) in [4.78, 5) is 10.8. The van der Waals surface area contributed by atoms with Crippen molar-refractivity contribution < 1.29 is 9.90 Å². The van der Waals surface area contributed by atoms with Crippen LogP contribution in [0.25, 0.3) is 0 Å². The fraction of sp³-hybridized carbons (Fsp3) is 0.455. The minimum atomic E-state index is -0.914. The molecule has 1 heterocycles. The molecule has 1 N–H and O–H groups in total. The Morgan fingerprint density at radius 3 is 2.93 bits per heavy atom. The van der Waals surface area contributed by atoms with E-state index in [9.17, 15) is 4.79 Å². The summed E-state index contributed by atoms with van der Waals surface area (Å²) in [5.41, 5.74) is 1.17. The normalized spacial score (nSPS) is 20.5. The second kappa shape index (κ2) is 3.88. The van der Waals surface area contributed by atoms with Crippen molar-refractivity contribution in [2.24, 2.45) is 7.05 Å². The van der Waals surface area contributed by atoms with Crippen molar-refractivity contribution in [3.63, 3.8) is 0 Å². The van der Waals surface area contributed by atoms with Crippen LogP contribution in [0.15, 0.2) is 18.2 Å². The van der Waals surface area contributed by atoms with E-state index in [1.165, 1.54) is 4.68 Å². The lowest BCUT2D eigenvalue weighted by Crippen LogP contribution is -2.05. The van der Waals surface area contributed by atoms with Gasteiger partial charge in [0.05, 0.1) is 5.69 Å². The van der Waals surface area contributed by atoms with E-state index in [2.05, 4.69) is 17.3 Å². The first kappa shape index (κ1) is 9.96. The maximum Gasteiger partial charge on any atom is 0.354 e. The molecule has 1 aliphatic carbocycles. The molecule has 1 unspecified atom stereocenters. The van der Waals surface area contributed by atoms with Gasteiger partial charge in [0, 0.05) is 13.0 Å². The highest BCUT2D eigenvalue weighted by molar-refractivity contribution is 5.85. The van der Waals surface area contributed by atoms with E-state index in [0.717, 1.165) is 25.0 Å². The number of allylic oxidation sites excluding steroid dienone is 2. The Hall–Kier alpha value is -1.58. The highest BCUT2D eigenvalue weighted by Crippen LogP contribution is 2.28. The molecule has 0 amide bonds. The average Bonchev–Trinajstić information content (AvgIpc) is 2.62. The maximum atomic E-state index is 10.8. The van der Waals surface area contributed by atoms with Crippen molar-refractivity contribution in [3.8, 4) is 0 Å². The second-order valence-electron chi connectivity index (χ2n) is 3.86. The minimum absolute atomic E-state index is 0.263. The molecular formula is C11H14N2O2. The molecule has 0 aromatic carbocycles. The van der Waals surface area contributed by atoms with Crippen LogP contribution in [-0.4, -0.2) is 20.9 Å². The first-order valence-corrected chi connectivity index (χ1v) is 5.10. The number of carboxylic acids is 1. The number of aromatic carboxylic acids is 1. The molecule has 0 bridgehead atoms. The third kappa shape index (κ3) is 1.93. The summed E-state index contributed by atoms with van der Waals surface area (Å²) in [7, 11) is 1.67. The smallest absolute Gasteiger partial charge is 0.354 e. The molecule has 80 valence electrons. The predicted octanol–water partition coefficient (Wildman–Crippen LogP) is 1.94. The van der Waals surface area contributed by atoms with Crippen molar-refractivity contribution in [2.45, 2.75) is 25.2 Å². The fourth-order valence-corrected chi connectivity index (χ4v) is 1.95. The lowest BCUT2D eigenvalue weighted by Gasteiger charge is -2.14. The van der Waals surface area contributed by atoms with E-state index in [-0.39, 0.29) is 5.69 Å². The van der Waals surface area contributed by atoms with E-state index in [1.807, 2.05) is 0 Å². The molecule has 0 saturated heterocycles. The minimum Gasteiger partial charge on any atom is -0.477 e. The third-order valence-corrected chi connectivity index (χ3v) is 2.81. The SMILES string of the molecule is Cn1nc(C2CC=CCC2)cc1C(=O)O. The van der Waals surface area contributed by atoms with Gasteiger partial charge >= 0.3 is 5.97 Å². The first-order chi connectivity index (χ1) is 7.18. The molecule has 1 aromatic heterocycles. The zero-order valence-electron chi connectivity index (χ0n) is 8.68. The predicted molar refractivity (Wildman–Crippen MR) is 55.9 cm³/mol. The van der Waals surface area contributed by atoms with E-state index >= 15 is 0 Å². The molecule has 1 aliphatic rings. The summed E-state index contributed by atoms with van der Waals surface area (Å²) in [5, 5.41) is 13.2. The lowest BCUT2D eigenvalue weighted by molar-refractivity contribution is 0.0685. The quantitative estimate of drug-likeness (QED) is 0.752. The summed E-state index contributed by atoms with van der Waals surface area (Å²) in [6.07, 6.45) is 7.40. The van der Waals surface area contributed by atoms with Crippen LogP contribution in [0.3, 0.4) is 0 Å². The van der Waals surface area contributed by atoms with Gasteiger partial charge in [-0.25, -0.2) is 4.79 Å². The zero-order valence-corrected chi connectivity index (χ0v) is 8.68. The average molecular weight is 206 g/mol. The molecule has 1 atom stereocenters.